The summed E-state index contributed by atoms with van der Waals surface area (Å²) in [5.74, 6) is 5.25. The van der Waals surface area contributed by atoms with Gasteiger partial charge in [-0.05, 0) is 24.3 Å². The van der Waals surface area contributed by atoms with Crippen molar-refractivity contribution < 1.29 is 0 Å². The highest BCUT2D eigenvalue weighted by Crippen LogP contribution is 2.16. The van der Waals surface area contributed by atoms with Crippen molar-refractivity contribution in [3.63, 3.8) is 0 Å². The van der Waals surface area contributed by atoms with Crippen LogP contribution in [0.2, 0.25) is 0 Å². The Balaban J connectivity index is 2.67. The molecule has 0 radical (unpaired) electrons. The van der Waals surface area contributed by atoms with Crippen LogP contribution in [-0.2, 0) is 0 Å². The van der Waals surface area contributed by atoms with Crippen molar-refractivity contribution in [2.75, 3.05) is 5.43 Å². The van der Waals surface area contributed by atoms with Crippen LogP contribution in [0.4, 0.5) is 5.69 Å². The molecule has 0 saturated carbocycles. The lowest BCUT2D eigenvalue weighted by molar-refractivity contribution is 1.36. The number of nitrogens with one attached hydrogen (secondary N) is 2. The first kappa shape index (κ1) is 6.24. The molecule has 0 unspecified atom stereocenters. The Morgan fingerprint density at radius 3 is 3.00 bits per heavy atom. The minimum atomic E-state index is 0.928. The summed E-state index contributed by atoms with van der Waals surface area (Å²) < 4.78 is 0. The number of benzene rings is 1. The monoisotopic (exact) mass is 147 g/mol. The molecule has 4 N–H and O–H groups in total. The van der Waals surface area contributed by atoms with Crippen LogP contribution in [0.3, 0.4) is 0 Å². The average molecular weight is 147 g/mol. The Morgan fingerprint density at radius 2 is 2.18 bits per heavy atom. The van der Waals surface area contributed by atoms with Crippen molar-refractivity contribution in [1.82, 2.24) is 4.98 Å². The molecule has 0 spiro atoms. The standard InChI is InChI=1S/C8H9N3/c9-11-7-1-2-8-6(5-7)3-4-10-8/h1-5,10-11H,9H2. The van der Waals surface area contributed by atoms with E-state index in [1.807, 2.05) is 30.5 Å². The number of fused-ring (bicyclic) bond motifs is 1. The normalized spacial score (nSPS) is 10.3. The molecular formula is C8H9N3. The number of H-pyrrole nitrogens is 1. The largest absolute Gasteiger partial charge is 0.361 e. The number of nitrogens with two attached hydrogens (primary N) is 1. The Morgan fingerprint density at radius 1 is 1.27 bits per heavy atom. The van der Waals surface area contributed by atoms with E-state index in [1.165, 1.54) is 5.39 Å². The lowest BCUT2D eigenvalue weighted by Crippen LogP contribution is -2.05. The summed E-state index contributed by atoms with van der Waals surface area (Å²) in [6, 6.07) is 7.92. The third-order valence-electron chi connectivity index (χ3n) is 1.72. The number of hydrogen-bond donors (Lipinski definition) is 3. The highest BCUT2D eigenvalue weighted by atomic mass is 15.2. The Bertz CT molecular complexity index is 364. The van der Waals surface area contributed by atoms with Crippen molar-refractivity contribution in [1.29, 1.82) is 0 Å². The summed E-state index contributed by atoms with van der Waals surface area (Å²) >= 11 is 0. The van der Waals surface area contributed by atoms with Gasteiger partial charge in [0, 0.05) is 22.8 Å². The summed E-state index contributed by atoms with van der Waals surface area (Å²) in [4.78, 5) is 3.10. The predicted molar refractivity (Wildman–Crippen MR) is 46.1 cm³/mol. The summed E-state index contributed by atoms with van der Waals surface area (Å²) in [7, 11) is 0. The zero-order chi connectivity index (χ0) is 7.68. The highest BCUT2D eigenvalue weighted by molar-refractivity contribution is 5.82. The van der Waals surface area contributed by atoms with Crippen LogP contribution in [0.15, 0.2) is 30.5 Å². The molecule has 0 aliphatic heterocycles. The van der Waals surface area contributed by atoms with E-state index in [9.17, 15) is 0 Å². The van der Waals surface area contributed by atoms with Gasteiger partial charge in [-0.2, -0.15) is 0 Å². The molecule has 1 heterocycles. The maximum absolute atomic E-state index is 5.25. The van der Waals surface area contributed by atoms with Crippen molar-refractivity contribution in [2.45, 2.75) is 0 Å². The van der Waals surface area contributed by atoms with Gasteiger partial charge in [0.15, 0.2) is 0 Å². The molecular weight excluding hydrogens is 138 g/mol. The van der Waals surface area contributed by atoms with Gasteiger partial charge in [0.25, 0.3) is 0 Å². The second-order valence-electron chi connectivity index (χ2n) is 2.42. The van der Waals surface area contributed by atoms with Crippen LogP contribution >= 0.6 is 0 Å². The molecule has 0 aliphatic rings. The number of rotatable bonds is 1. The molecule has 1 aromatic carbocycles. The second kappa shape index (κ2) is 2.29. The molecule has 56 valence electrons. The number of hydrazine groups is 1. The first-order valence-corrected chi connectivity index (χ1v) is 3.44. The lowest BCUT2D eigenvalue weighted by Gasteiger charge is -1.97. The van der Waals surface area contributed by atoms with Crippen molar-refractivity contribution >= 4 is 16.6 Å². The third-order valence-corrected chi connectivity index (χ3v) is 1.72. The van der Waals surface area contributed by atoms with Gasteiger partial charge in [-0.25, -0.2) is 0 Å². The molecule has 0 saturated heterocycles. The third kappa shape index (κ3) is 0.951. The molecule has 3 nitrogen and oxygen atoms in total. The average Bonchev–Trinajstić information content (AvgIpc) is 2.50. The molecule has 0 atom stereocenters. The van der Waals surface area contributed by atoms with Gasteiger partial charge in [0.1, 0.15) is 0 Å². The smallest absolute Gasteiger partial charge is 0.0492 e. The van der Waals surface area contributed by atoms with E-state index in [0.717, 1.165) is 11.2 Å². The lowest BCUT2D eigenvalue weighted by atomic mass is 10.2. The Kier molecular flexibility index (Phi) is 1.30. The Labute approximate surface area is 64.2 Å². The SMILES string of the molecule is NNc1ccc2[nH]ccc2c1. The molecule has 3 heteroatoms. The van der Waals surface area contributed by atoms with Crippen molar-refractivity contribution in [2.24, 2.45) is 5.84 Å². The fourth-order valence-electron chi connectivity index (χ4n) is 1.14. The summed E-state index contributed by atoms with van der Waals surface area (Å²) in [6.07, 6.45) is 1.91. The number of anilines is 1. The van der Waals surface area contributed by atoms with Gasteiger partial charge >= 0.3 is 0 Å². The molecule has 11 heavy (non-hydrogen) atoms. The van der Waals surface area contributed by atoms with E-state index >= 15 is 0 Å². The van der Waals surface area contributed by atoms with Crippen LogP contribution in [0.5, 0.6) is 0 Å². The minimum Gasteiger partial charge on any atom is -0.361 e. The highest BCUT2D eigenvalue weighted by Gasteiger charge is 1.93. The number of hydrogen-bond acceptors (Lipinski definition) is 2. The summed E-state index contributed by atoms with van der Waals surface area (Å²) in [6.45, 7) is 0. The van der Waals surface area contributed by atoms with Crippen LogP contribution < -0.4 is 11.3 Å². The maximum atomic E-state index is 5.25. The van der Waals surface area contributed by atoms with E-state index in [1.54, 1.807) is 0 Å². The summed E-state index contributed by atoms with van der Waals surface area (Å²) in [5.41, 5.74) is 4.65. The van der Waals surface area contributed by atoms with Crippen LogP contribution in [0.1, 0.15) is 0 Å². The van der Waals surface area contributed by atoms with Gasteiger partial charge in [0.2, 0.25) is 0 Å². The molecule has 0 fully saturated rings. The first-order chi connectivity index (χ1) is 5.40. The second-order valence-corrected chi connectivity index (χ2v) is 2.42. The quantitative estimate of drug-likeness (QED) is 0.422. The molecule has 0 bridgehead atoms. The molecule has 2 rings (SSSR count). The van der Waals surface area contributed by atoms with Crippen LogP contribution in [-0.4, -0.2) is 4.98 Å². The van der Waals surface area contributed by atoms with E-state index in [2.05, 4.69) is 10.4 Å². The van der Waals surface area contributed by atoms with Crippen molar-refractivity contribution in [3.8, 4) is 0 Å². The van der Waals surface area contributed by atoms with E-state index in [0.29, 0.717) is 0 Å². The molecule has 1 aromatic heterocycles. The van der Waals surface area contributed by atoms with Gasteiger partial charge in [-0.3, -0.25) is 5.84 Å². The van der Waals surface area contributed by atoms with Crippen LogP contribution in [0.25, 0.3) is 10.9 Å². The van der Waals surface area contributed by atoms with E-state index < -0.39 is 0 Å². The number of nitrogen functional groups attached to an aromatic ring is 1. The predicted octanol–water partition coefficient (Wildman–Crippen LogP) is 1.45. The molecule has 0 amide bonds. The minimum absolute atomic E-state index is 0.928. The fourth-order valence-corrected chi connectivity index (χ4v) is 1.14. The van der Waals surface area contributed by atoms with E-state index in [-0.39, 0.29) is 0 Å². The van der Waals surface area contributed by atoms with Crippen LogP contribution in [0, 0.1) is 0 Å². The van der Waals surface area contributed by atoms with Gasteiger partial charge in [-0.15, -0.1) is 0 Å². The van der Waals surface area contributed by atoms with E-state index in [4.69, 9.17) is 5.84 Å². The van der Waals surface area contributed by atoms with Crippen molar-refractivity contribution in [3.05, 3.63) is 30.5 Å². The number of aromatic nitrogens is 1. The maximum Gasteiger partial charge on any atom is 0.0492 e. The van der Waals surface area contributed by atoms with Gasteiger partial charge in [-0.1, -0.05) is 0 Å². The Hall–Kier alpha value is -1.48. The summed E-state index contributed by atoms with van der Waals surface area (Å²) in [5, 5.41) is 1.17. The van der Waals surface area contributed by atoms with Gasteiger partial charge < -0.3 is 10.4 Å². The van der Waals surface area contributed by atoms with Gasteiger partial charge in [0.05, 0.1) is 0 Å². The zero-order valence-electron chi connectivity index (χ0n) is 5.96. The number of aromatic amines is 1. The fraction of sp³-hybridized carbons (Fsp3) is 0. The first-order valence-electron chi connectivity index (χ1n) is 3.44. The molecule has 2 aromatic rings. The zero-order valence-corrected chi connectivity index (χ0v) is 5.96. The molecule has 0 aliphatic carbocycles. The topological polar surface area (TPSA) is 53.8 Å².